The molecule has 0 amide bonds. The first-order valence-corrected chi connectivity index (χ1v) is 32.3. The van der Waals surface area contributed by atoms with Crippen molar-refractivity contribution in [2.75, 3.05) is 53.9 Å². The Bertz CT molecular complexity index is 6550. The Labute approximate surface area is 495 Å². The smallest absolute Gasteiger partial charge is 0.0936 e. The molecule has 34 rings (SSSR count). The van der Waals surface area contributed by atoms with Crippen LogP contribution >= 0.6 is 0 Å². The molecule has 16 aromatic carbocycles. The van der Waals surface area contributed by atoms with Gasteiger partial charge in [0.2, 0.25) is 0 Å². The lowest BCUT2D eigenvalue weighted by molar-refractivity contribution is -0.901. The van der Waals surface area contributed by atoms with Gasteiger partial charge >= 0.3 is 0 Å². The molecule has 2 nitrogen and oxygen atoms in total. The summed E-state index contributed by atoms with van der Waals surface area (Å²) < 4.78 is 2.41. The third-order valence-electron chi connectivity index (χ3n) is 31.6. The minimum atomic E-state index is -0.0203. The molecule has 0 unspecified atom stereocenters. The van der Waals surface area contributed by atoms with E-state index in [2.05, 4.69) is 28.1 Å². The van der Waals surface area contributed by atoms with Crippen molar-refractivity contribution < 1.29 is 56.9 Å². The van der Waals surface area contributed by atoms with Crippen LogP contribution in [0.3, 0.4) is 0 Å². The van der Waals surface area contributed by atoms with Crippen LogP contribution in [0.15, 0.2) is 0 Å². The fourth-order valence-corrected chi connectivity index (χ4v) is 32.2. The number of quaternary nitrogens is 2. The monoisotopic (exact) mass is 1250 g/mol. The highest BCUT2D eigenvalue weighted by Gasteiger charge is 2.89. The van der Waals surface area contributed by atoms with E-state index in [1.165, 1.54) is 88.6 Å². The van der Waals surface area contributed by atoms with Gasteiger partial charge in [-0.2, -0.15) is 0 Å². The molecule has 11 atom stereocenters. The summed E-state index contributed by atoms with van der Waals surface area (Å²) in [5.41, 5.74) is 42.7. The average molecular weight is 1250 g/mol. The lowest BCUT2D eigenvalue weighted by Crippen LogP contribution is -3.00. The van der Waals surface area contributed by atoms with Crippen molar-refractivity contribution in [3.05, 3.63) is 89.0 Å². The highest BCUT2D eigenvalue weighted by Crippen LogP contribution is 2.97. The molecule has 0 bridgehead atoms. The predicted molar refractivity (Wildman–Crippen MR) is 320 cm³/mol. The maximum Gasteiger partial charge on any atom is 0.0936 e. The van der Waals surface area contributed by atoms with E-state index >= 15 is 0 Å². The van der Waals surface area contributed by atoms with Crippen LogP contribution in [0, 0.1) is 10.8 Å². The van der Waals surface area contributed by atoms with E-state index in [9.17, 15) is 0 Å². The number of likely N-dealkylation sites (N-methyl/N-ethyl adjacent to an activating group) is 2. The van der Waals surface area contributed by atoms with Crippen LogP contribution in [0.4, 0.5) is 0 Å². The Morgan fingerprint density at radius 3 is 1.38 bits per heavy atom. The van der Waals surface area contributed by atoms with Crippen molar-refractivity contribution in [3.8, 4) is 11.1 Å². The van der Waals surface area contributed by atoms with Crippen molar-refractivity contribution >= 4 is 173 Å². The van der Waals surface area contributed by atoms with Crippen LogP contribution in [-0.2, 0) is 10.8 Å². The summed E-state index contributed by atoms with van der Waals surface area (Å²) in [5, 5.41) is 50.2. The Kier molecular flexibility index (Phi) is 4.27. The van der Waals surface area contributed by atoms with Gasteiger partial charge < -0.3 is 56.9 Å². The van der Waals surface area contributed by atoms with E-state index in [1.807, 2.05) is 166 Å². The minimum Gasteiger partial charge on any atom is -1.00 e. The predicted octanol–water partition coefficient (Wildman–Crippen LogP) is 11.0. The van der Waals surface area contributed by atoms with Crippen LogP contribution < -0.4 is 48.0 Å². The molecule has 2 fully saturated rings. The normalized spacial score (nSPS) is 35.7. The number of allylic oxidation sites excluding steroid dienone is 2. The zero-order valence-corrected chi connectivity index (χ0v) is 49.6. The first kappa shape index (κ1) is 38.0. The molecule has 16 aliphatic carbocycles. The van der Waals surface area contributed by atoms with Gasteiger partial charge in [-0.25, -0.2) is 0 Å². The van der Waals surface area contributed by atoms with E-state index in [-0.39, 0.29) is 69.6 Å². The van der Waals surface area contributed by atoms with Crippen molar-refractivity contribution in [2.45, 2.75) is 105 Å². The van der Waals surface area contributed by atoms with E-state index in [0.29, 0.717) is 35.5 Å². The van der Waals surface area contributed by atoms with Crippen molar-refractivity contribution in [3.63, 3.8) is 0 Å². The second-order valence-electron chi connectivity index (χ2n) is 33.1. The number of halogens is 2. The van der Waals surface area contributed by atoms with Crippen LogP contribution in [0.5, 0.6) is 0 Å². The first-order valence-electron chi connectivity index (χ1n) is 32.3. The van der Waals surface area contributed by atoms with Gasteiger partial charge in [0.15, 0.2) is 0 Å². The quantitative estimate of drug-likeness (QED) is 0.0585. The number of likely N-dealkylation sites (tertiary alicyclic amines) is 2. The number of rotatable bonds is 9. The summed E-state index contributed by atoms with van der Waals surface area (Å²) in [6, 6.07) is 0. The van der Waals surface area contributed by atoms with Gasteiger partial charge in [-0.15, -0.1) is 0 Å². The van der Waals surface area contributed by atoms with Crippen LogP contribution in [0.1, 0.15) is 183 Å². The van der Waals surface area contributed by atoms with Crippen LogP contribution in [0.2, 0.25) is 0 Å². The molecule has 4 spiro atoms. The number of benzene rings is 12. The summed E-state index contributed by atoms with van der Waals surface area (Å²) in [4.78, 5) is 0. The second kappa shape index (κ2) is 9.10. The second-order valence-corrected chi connectivity index (χ2v) is 33.1. The molecule has 81 heavy (non-hydrogen) atoms. The van der Waals surface area contributed by atoms with E-state index in [0.717, 1.165) is 4.48 Å². The molecule has 0 saturated carbocycles. The molecular formula is C77H44I2N2. The molecule has 2 heterocycles. The first-order chi connectivity index (χ1) is 38.9. The van der Waals surface area contributed by atoms with Gasteiger partial charge in [0, 0.05) is 35.5 Å². The standard InChI is InChI=1S/C77H44N2.2HI/c1-5-6-7-8-9-10-11-12-13-79(4)16-76-69-54-40-29-22-21-25-18-19-24-20-23(18)34-43-32(25)39-28(21)30-31(29)42-38-41(30)51-50(39)66-52(43)53-45(34)36-27(20)37-46-35(24)44(33(40)26(19)22)56(69)57(46)70-59-48(37)47(36)58-62-63(59)73(77(70,76)17-79)65-61(71(76)55(42)54)49(38)60-64(65)72(62)75(67(53)58)15-78(2,3)14-74(66,75)68(51)60;;/h37,46,53,65,67,73H,5-17H2,1-4H3;2*1H/q+2;;/p-2/t37-,46+,53+,65-,67-,73+,74+,75-,76-,77+,79+;;/m0../s1. The third kappa shape index (κ3) is 2.30. The van der Waals surface area contributed by atoms with Gasteiger partial charge in [0.05, 0.1) is 75.5 Å². The third-order valence-corrected chi connectivity index (χ3v) is 31.6. The largest absolute Gasteiger partial charge is 1.00 e. The summed E-state index contributed by atoms with van der Waals surface area (Å²) in [6.07, 6.45) is 11.3. The SMILES string of the molecule is CCCCCCCCCC[N@+]1(C)C[C@@]23c4c5c6c7c8c9c%10c%11c%12c%13c%14c%15c%16c%17c%18c%19c%20c%21c(c2c2c4c4c6c9c6c4c4c2c%21c2c%19c(c%18%14)c9c%13c%10c6c9c24)C2=C4c6c(c-%16c9c%10c6[C@H]([C@@H]5C7=C%10[C@]5(C[N+](C)(C)C[C@]8%115)[C@H]9[C@H]%15%12)[C@@]43C1)[C@@H]%17[C@H]2%20.[I-].[I-]. The molecular weight excluding hydrogens is 1210 g/mol. The van der Waals surface area contributed by atoms with Crippen molar-refractivity contribution in [1.82, 2.24) is 0 Å². The molecule has 2 saturated heterocycles. The van der Waals surface area contributed by atoms with E-state index in [1.54, 1.807) is 108 Å². The molecule has 18 aliphatic rings. The van der Waals surface area contributed by atoms with Crippen molar-refractivity contribution in [2.24, 2.45) is 10.8 Å². The Balaban J connectivity index is 0.00000193. The van der Waals surface area contributed by atoms with Gasteiger partial charge in [-0.05, 0) is 286 Å². The molecule has 376 valence electrons. The van der Waals surface area contributed by atoms with Crippen molar-refractivity contribution in [1.29, 1.82) is 0 Å². The zero-order valence-electron chi connectivity index (χ0n) is 45.3. The Morgan fingerprint density at radius 2 is 0.741 bits per heavy atom. The topological polar surface area (TPSA) is 0 Å². The van der Waals surface area contributed by atoms with Gasteiger partial charge in [0.25, 0.3) is 0 Å². The molecule has 0 aromatic heterocycles. The van der Waals surface area contributed by atoms with Crippen LogP contribution in [-0.4, -0.2) is 62.8 Å². The molecule has 0 N–H and O–H groups in total. The van der Waals surface area contributed by atoms with E-state index < -0.39 is 0 Å². The highest BCUT2D eigenvalue weighted by atomic mass is 127. The molecule has 2 aliphatic heterocycles. The lowest BCUT2D eigenvalue weighted by Gasteiger charge is -2.58. The average Bonchev–Trinajstić information content (AvgIpc) is 1.58. The molecule has 16 aromatic rings. The van der Waals surface area contributed by atoms with Gasteiger partial charge in [-0.3, -0.25) is 0 Å². The highest BCUT2D eigenvalue weighted by molar-refractivity contribution is 6.71. The summed E-state index contributed by atoms with van der Waals surface area (Å²) in [6.45, 7) is 8.95. The summed E-state index contributed by atoms with van der Waals surface area (Å²) in [5.74, 6) is 2.92. The number of hydrogen-bond acceptors (Lipinski definition) is 0. The fraction of sp³-hybridized carbons (Fsp3) is 0.351. The molecule has 0 radical (unpaired) electrons. The summed E-state index contributed by atoms with van der Waals surface area (Å²) in [7, 11) is 8.36. The van der Waals surface area contributed by atoms with Gasteiger partial charge in [-0.1, -0.05) is 45.4 Å². The summed E-state index contributed by atoms with van der Waals surface area (Å²) >= 11 is 0. The Hall–Kier alpha value is -5.12. The number of unbranched alkanes of at least 4 members (excludes halogenated alkanes) is 7. The number of nitrogens with zero attached hydrogens (tertiary/aromatic N) is 2. The van der Waals surface area contributed by atoms with Gasteiger partial charge in [0.1, 0.15) is 0 Å². The van der Waals surface area contributed by atoms with E-state index in [4.69, 9.17) is 0 Å². The molecule has 4 heteroatoms. The Morgan fingerprint density at radius 1 is 0.321 bits per heavy atom. The lowest BCUT2D eigenvalue weighted by atomic mass is 9.41. The maximum absolute atomic E-state index is 2.88. The zero-order chi connectivity index (χ0) is 48.5. The maximum atomic E-state index is 2.88. The fourth-order valence-electron chi connectivity index (χ4n) is 32.2. The number of hydrogen-bond donors (Lipinski definition) is 0. The minimum absolute atomic E-state index is 0. The van der Waals surface area contributed by atoms with Crippen LogP contribution in [0.25, 0.3) is 184 Å².